The van der Waals surface area contributed by atoms with Gasteiger partial charge in [0.25, 0.3) is 0 Å². The molecule has 0 aliphatic heterocycles. The highest BCUT2D eigenvalue weighted by atomic mass is 14.8. The summed E-state index contributed by atoms with van der Waals surface area (Å²) in [6.45, 7) is 0. The first-order valence-electron chi connectivity index (χ1n) is 4.79. The third-order valence-corrected chi connectivity index (χ3v) is 2.31. The van der Waals surface area contributed by atoms with Crippen LogP contribution in [0.5, 0.6) is 0 Å². The summed E-state index contributed by atoms with van der Waals surface area (Å²) in [5.41, 5.74) is 7.50. The number of para-hydroxylation sites is 1. The molecule has 2 rings (SSSR count). The number of aromatic nitrogens is 1. The molecule has 1 aromatic heterocycles. The molecule has 0 fully saturated rings. The van der Waals surface area contributed by atoms with Crippen molar-refractivity contribution in [3.8, 4) is 6.07 Å². The molecule has 15 heavy (non-hydrogen) atoms. The van der Waals surface area contributed by atoms with Gasteiger partial charge >= 0.3 is 0 Å². The third-order valence-electron chi connectivity index (χ3n) is 2.31. The van der Waals surface area contributed by atoms with Crippen LogP contribution >= 0.6 is 0 Å². The fourth-order valence-corrected chi connectivity index (χ4v) is 1.49. The van der Waals surface area contributed by atoms with Gasteiger partial charge in [-0.2, -0.15) is 5.26 Å². The molecule has 3 nitrogen and oxygen atoms in total. The molecule has 0 aliphatic rings. The van der Waals surface area contributed by atoms with Gasteiger partial charge in [0.2, 0.25) is 0 Å². The molecular formula is C12H11N3. The van der Waals surface area contributed by atoms with Gasteiger partial charge < -0.3 is 5.73 Å². The van der Waals surface area contributed by atoms with E-state index in [4.69, 9.17) is 11.0 Å². The van der Waals surface area contributed by atoms with Crippen molar-refractivity contribution in [3.05, 3.63) is 42.1 Å². The molecule has 0 spiro atoms. The number of nitrogens with zero attached hydrogens (tertiary/aromatic N) is 2. The zero-order valence-corrected chi connectivity index (χ0v) is 8.22. The zero-order chi connectivity index (χ0) is 10.7. The van der Waals surface area contributed by atoms with Crippen LogP contribution in [0.3, 0.4) is 0 Å². The first-order chi connectivity index (χ1) is 7.31. The average molecular weight is 197 g/mol. The number of nitrogens with two attached hydrogens (primary N) is 1. The molecule has 0 bridgehead atoms. The molecule has 0 saturated heterocycles. The lowest BCUT2D eigenvalue weighted by Crippen LogP contribution is -2.10. The predicted octanol–water partition coefficient (Wildman–Crippen LogP) is 2.15. The number of hydrogen-bond acceptors (Lipinski definition) is 3. The molecular weight excluding hydrogens is 186 g/mol. The molecule has 0 amide bonds. The fourth-order valence-electron chi connectivity index (χ4n) is 1.49. The average Bonchev–Trinajstić information content (AvgIpc) is 2.29. The van der Waals surface area contributed by atoms with Crippen LogP contribution in [0.2, 0.25) is 0 Å². The van der Waals surface area contributed by atoms with Crippen LogP contribution in [0.25, 0.3) is 10.9 Å². The van der Waals surface area contributed by atoms with Gasteiger partial charge in [-0.15, -0.1) is 0 Å². The Balaban J connectivity index is 2.43. The van der Waals surface area contributed by atoms with Crippen LogP contribution < -0.4 is 5.73 Å². The number of hydrogen-bond donors (Lipinski definition) is 1. The maximum atomic E-state index is 8.55. The van der Waals surface area contributed by atoms with Crippen molar-refractivity contribution in [2.45, 2.75) is 12.5 Å². The van der Waals surface area contributed by atoms with Gasteiger partial charge in [-0.1, -0.05) is 24.3 Å². The third kappa shape index (κ3) is 1.95. The summed E-state index contributed by atoms with van der Waals surface area (Å²) < 4.78 is 0. The van der Waals surface area contributed by atoms with E-state index >= 15 is 0 Å². The van der Waals surface area contributed by atoms with Gasteiger partial charge in [-0.05, 0) is 12.1 Å². The van der Waals surface area contributed by atoms with Gasteiger partial charge in [0.05, 0.1) is 29.7 Å². The van der Waals surface area contributed by atoms with Gasteiger partial charge in [-0.3, -0.25) is 4.98 Å². The van der Waals surface area contributed by atoms with Crippen LogP contribution in [0.4, 0.5) is 0 Å². The molecule has 0 saturated carbocycles. The van der Waals surface area contributed by atoms with Crippen LogP contribution in [0.15, 0.2) is 36.4 Å². The molecule has 0 unspecified atom stereocenters. The number of rotatable bonds is 2. The summed E-state index contributed by atoms with van der Waals surface area (Å²) in [6.07, 6.45) is 0.297. The van der Waals surface area contributed by atoms with Crippen molar-refractivity contribution in [1.82, 2.24) is 4.98 Å². The summed E-state index contributed by atoms with van der Waals surface area (Å²) >= 11 is 0. The molecule has 1 aromatic carbocycles. The number of fused-ring (bicyclic) bond motifs is 1. The fraction of sp³-hybridized carbons (Fsp3) is 0.167. The van der Waals surface area contributed by atoms with E-state index in [0.717, 1.165) is 16.6 Å². The van der Waals surface area contributed by atoms with Crippen molar-refractivity contribution < 1.29 is 0 Å². The van der Waals surface area contributed by atoms with Crippen molar-refractivity contribution in [2.24, 2.45) is 5.73 Å². The Morgan fingerprint density at radius 1 is 1.27 bits per heavy atom. The second kappa shape index (κ2) is 4.07. The summed E-state index contributed by atoms with van der Waals surface area (Å²) in [6, 6.07) is 13.5. The minimum Gasteiger partial charge on any atom is -0.322 e. The summed E-state index contributed by atoms with van der Waals surface area (Å²) in [5, 5.41) is 9.64. The highest BCUT2D eigenvalue weighted by Crippen LogP contribution is 2.16. The number of nitriles is 1. The van der Waals surface area contributed by atoms with E-state index < -0.39 is 0 Å². The maximum absolute atomic E-state index is 8.55. The van der Waals surface area contributed by atoms with Crippen LogP contribution in [-0.2, 0) is 0 Å². The van der Waals surface area contributed by atoms with Crippen LogP contribution in [0.1, 0.15) is 18.2 Å². The molecule has 1 heterocycles. The van der Waals surface area contributed by atoms with Gasteiger partial charge in [0.15, 0.2) is 0 Å². The van der Waals surface area contributed by atoms with Crippen molar-refractivity contribution in [2.75, 3.05) is 0 Å². The molecule has 3 heteroatoms. The highest BCUT2D eigenvalue weighted by molar-refractivity contribution is 5.78. The molecule has 74 valence electrons. The second-order valence-corrected chi connectivity index (χ2v) is 3.40. The van der Waals surface area contributed by atoms with E-state index in [9.17, 15) is 0 Å². The van der Waals surface area contributed by atoms with E-state index in [2.05, 4.69) is 4.98 Å². The Bertz CT molecular complexity index is 514. The Hall–Kier alpha value is -1.92. The Kier molecular flexibility index (Phi) is 2.61. The zero-order valence-electron chi connectivity index (χ0n) is 8.22. The first kappa shape index (κ1) is 9.63. The maximum Gasteiger partial charge on any atom is 0.0706 e. The van der Waals surface area contributed by atoms with Crippen molar-refractivity contribution >= 4 is 10.9 Å². The van der Waals surface area contributed by atoms with E-state index in [-0.39, 0.29) is 6.04 Å². The van der Waals surface area contributed by atoms with E-state index in [0.29, 0.717) is 6.42 Å². The van der Waals surface area contributed by atoms with Gasteiger partial charge in [0, 0.05) is 5.39 Å². The largest absolute Gasteiger partial charge is 0.322 e. The monoisotopic (exact) mass is 197 g/mol. The lowest BCUT2D eigenvalue weighted by Gasteiger charge is -2.07. The molecule has 0 radical (unpaired) electrons. The minimum atomic E-state index is -0.292. The highest BCUT2D eigenvalue weighted by Gasteiger charge is 2.06. The van der Waals surface area contributed by atoms with E-state index in [1.54, 1.807) is 0 Å². The molecule has 2 aromatic rings. The summed E-state index contributed by atoms with van der Waals surface area (Å²) in [4.78, 5) is 4.42. The number of benzene rings is 1. The normalized spacial score (nSPS) is 12.3. The lowest BCUT2D eigenvalue weighted by molar-refractivity contribution is 0.724. The quantitative estimate of drug-likeness (QED) is 0.802. The second-order valence-electron chi connectivity index (χ2n) is 3.40. The van der Waals surface area contributed by atoms with Crippen molar-refractivity contribution in [1.29, 1.82) is 5.26 Å². The summed E-state index contributed by atoms with van der Waals surface area (Å²) in [7, 11) is 0. The number of pyridine rings is 1. The summed E-state index contributed by atoms with van der Waals surface area (Å²) in [5.74, 6) is 0. The molecule has 1 atom stereocenters. The van der Waals surface area contributed by atoms with Crippen LogP contribution in [-0.4, -0.2) is 4.98 Å². The Labute approximate surface area is 88.2 Å². The van der Waals surface area contributed by atoms with Gasteiger partial charge in [-0.25, -0.2) is 0 Å². The topological polar surface area (TPSA) is 62.7 Å². The van der Waals surface area contributed by atoms with E-state index in [1.807, 2.05) is 42.5 Å². The van der Waals surface area contributed by atoms with Gasteiger partial charge in [0.1, 0.15) is 0 Å². The Morgan fingerprint density at radius 3 is 2.87 bits per heavy atom. The lowest BCUT2D eigenvalue weighted by atomic mass is 10.1. The smallest absolute Gasteiger partial charge is 0.0706 e. The predicted molar refractivity (Wildman–Crippen MR) is 58.9 cm³/mol. The standard InChI is InChI=1S/C12H11N3/c13-8-7-10(14)12-6-5-9-3-1-2-4-11(9)15-12/h1-6,10H,7,14H2/t10-/m0/s1. The Morgan fingerprint density at radius 2 is 2.07 bits per heavy atom. The molecule has 2 N–H and O–H groups in total. The van der Waals surface area contributed by atoms with Crippen molar-refractivity contribution in [3.63, 3.8) is 0 Å². The first-order valence-corrected chi connectivity index (χ1v) is 4.79. The SMILES string of the molecule is N#CC[C@H](N)c1ccc2ccccc2n1. The minimum absolute atomic E-state index is 0.292. The van der Waals surface area contributed by atoms with Crippen LogP contribution in [0, 0.1) is 11.3 Å². The van der Waals surface area contributed by atoms with E-state index in [1.165, 1.54) is 0 Å². The molecule has 0 aliphatic carbocycles.